The summed E-state index contributed by atoms with van der Waals surface area (Å²) in [5, 5.41) is 0. The molecule has 0 amide bonds. The minimum Gasteiger partial charge on any atom is -0.344 e. The molecular weight excluding hydrogens is 206 g/mol. The van der Waals surface area contributed by atoms with Crippen molar-refractivity contribution in [3.8, 4) is 11.1 Å². The van der Waals surface area contributed by atoms with E-state index in [-0.39, 0.29) is 6.15 Å². The third-order valence-electron chi connectivity index (χ3n) is 2.38. The van der Waals surface area contributed by atoms with Crippen molar-refractivity contribution in [1.29, 1.82) is 0 Å². The predicted molar refractivity (Wildman–Crippen MR) is 77.5 cm³/mol. The van der Waals surface area contributed by atoms with E-state index in [1.807, 2.05) is 12.1 Å². The summed E-state index contributed by atoms with van der Waals surface area (Å²) in [5.41, 5.74) is 2.55. The largest absolute Gasteiger partial charge is 0.344 e. The van der Waals surface area contributed by atoms with Crippen LogP contribution in [-0.4, -0.2) is 0 Å². The van der Waals surface area contributed by atoms with Gasteiger partial charge in [-0.25, -0.2) is 0 Å². The molecule has 0 aliphatic heterocycles. The first-order chi connectivity index (χ1) is 7.88. The lowest BCUT2D eigenvalue weighted by Gasteiger charge is -1.98. The molecule has 2 aromatic carbocycles. The van der Waals surface area contributed by atoms with Crippen LogP contribution in [0.3, 0.4) is 0 Å². The molecule has 0 aliphatic rings. The third-order valence-corrected chi connectivity index (χ3v) is 2.38. The molecule has 0 heterocycles. The Balaban J connectivity index is 0.000000453. The summed E-state index contributed by atoms with van der Waals surface area (Å²) in [4.78, 5) is 0. The van der Waals surface area contributed by atoms with Crippen LogP contribution in [0, 0.1) is 0 Å². The monoisotopic (exact) mass is 229 g/mol. The van der Waals surface area contributed by atoms with Gasteiger partial charge in [0.05, 0.1) is 0 Å². The number of rotatable bonds is 2. The van der Waals surface area contributed by atoms with Crippen LogP contribution in [0.1, 0.15) is 26.7 Å². The highest BCUT2D eigenvalue weighted by Crippen LogP contribution is 2.17. The Bertz CT molecular complexity index is 328. The minimum atomic E-state index is 0. The topological polar surface area (TPSA) is 35.0 Å². The van der Waals surface area contributed by atoms with Gasteiger partial charge >= 0.3 is 0 Å². The third kappa shape index (κ3) is 5.88. The van der Waals surface area contributed by atoms with Gasteiger partial charge in [-0.15, -0.1) is 0 Å². The van der Waals surface area contributed by atoms with Gasteiger partial charge in [0.15, 0.2) is 0 Å². The summed E-state index contributed by atoms with van der Waals surface area (Å²) in [6.45, 7) is 4.36. The molecule has 0 radical (unpaired) electrons. The molecule has 0 aliphatic carbocycles. The summed E-state index contributed by atoms with van der Waals surface area (Å²) in [5.74, 6) is 0. The molecule has 0 saturated carbocycles. The van der Waals surface area contributed by atoms with E-state index in [2.05, 4.69) is 62.4 Å². The molecule has 92 valence electrons. The van der Waals surface area contributed by atoms with Crippen LogP contribution >= 0.6 is 0 Å². The average Bonchev–Trinajstić information content (AvgIpc) is 2.41. The van der Waals surface area contributed by atoms with Crippen molar-refractivity contribution in [2.45, 2.75) is 26.7 Å². The first-order valence-corrected chi connectivity index (χ1v) is 5.99. The molecule has 17 heavy (non-hydrogen) atoms. The van der Waals surface area contributed by atoms with Crippen molar-refractivity contribution in [3.63, 3.8) is 0 Å². The van der Waals surface area contributed by atoms with Gasteiger partial charge in [0.2, 0.25) is 0 Å². The van der Waals surface area contributed by atoms with Gasteiger partial charge in [-0.05, 0) is 11.1 Å². The molecule has 2 rings (SSSR count). The van der Waals surface area contributed by atoms with Gasteiger partial charge in [0, 0.05) is 0 Å². The molecule has 0 saturated heterocycles. The lowest BCUT2D eigenvalue weighted by atomic mass is 10.1. The number of hydrogen-bond donors (Lipinski definition) is 1. The lowest BCUT2D eigenvalue weighted by Crippen LogP contribution is -1.73. The predicted octanol–water partition coefficient (Wildman–Crippen LogP) is 5.32. The Labute approximate surface area is 105 Å². The van der Waals surface area contributed by atoms with Crippen LogP contribution in [0.25, 0.3) is 11.1 Å². The van der Waals surface area contributed by atoms with E-state index in [9.17, 15) is 0 Å². The Morgan fingerprint density at radius 1 is 0.588 bits per heavy atom. The van der Waals surface area contributed by atoms with E-state index in [1.54, 1.807) is 0 Å². The van der Waals surface area contributed by atoms with Crippen molar-refractivity contribution in [1.82, 2.24) is 6.15 Å². The SMILES string of the molecule is CCCC.N.c1ccc(-c2ccccc2)cc1. The normalized spacial score (nSPS) is 8.59. The van der Waals surface area contributed by atoms with Crippen molar-refractivity contribution in [2.75, 3.05) is 0 Å². The second-order valence-corrected chi connectivity index (χ2v) is 3.73. The van der Waals surface area contributed by atoms with Gasteiger partial charge in [-0.1, -0.05) is 87.4 Å². The average molecular weight is 229 g/mol. The quantitative estimate of drug-likeness (QED) is 0.743. The Hall–Kier alpha value is -1.60. The molecule has 0 unspecified atom stereocenters. The smallest absolute Gasteiger partial charge is 0.0184 e. The fourth-order valence-corrected chi connectivity index (χ4v) is 1.26. The zero-order valence-corrected chi connectivity index (χ0v) is 10.9. The lowest BCUT2D eigenvalue weighted by molar-refractivity contribution is 0.886. The molecular formula is C16H23N. The number of unbranched alkanes of at least 4 members (excludes halogenated alkanes) is 1. The maximum atomic E-state index is 2.18. The van der Waals surface area contributed by atoms with Gasteiger partial charge in [-0.3, -0.25) is 0 Å². The Morgan fingerprint density at radius 2 is 0.882 bits per heavy atom. The van der Waals surface area contributed by atoms with Crippen LogP contribution in [0.2, 0.25) is 0 Å². The van der Waals surface area contributed by atoms with Crippen LogP contribution < -0.4 is 6.15 Å². The molecule has 1 nitrogen and oxygen atoms in total. The van der Waals surface area contributed by atoms with E-state index >= 15 is 0 Å². The van der Waals surface area contributed by atoms with Gasteiger partial charge in [-0.2, -0.15) is 0 Å². The zero-order valence-electron chi connectivity index (χ0n) is 10.9. The Morgan fingerprint density at radius 3 is 1.12 bits per heavy atom. The number of benzene rings is 2. The van der Waals surface area contributed by atoms with Crippen molar-refractivity contribution in [2.24, 2.45) is 0 Å². The van der Waals surface area contributed by atoms with Crippen LogP contribution in [-0.2, 0) is 0 Å². The second kappa shape index (κ2) is 9.61. The fraction of sp³-hybridized carbons (Fsp3) is 0.250. The highest BCUT2D eigenvalue weighted by Gasteiger charge is 1.91. The van der Waals surface area contributed by atoms with Gasteiger partial charge in [0.25, 0.3) is 0 Å². The summed E-state index contributed by atoms with van der Waals surface area (Å²) in [6, 6.07) is 20.8. The maximum Gasteiger partial charge on any atom is -0.0184 e. The van der Waals surface area contributed by atoms with Crippen LogP contribution in [0.5, 0.6) is 0 Å². The van der Waals surface area contributed by atoms with Crippen molar-refractivity contribution < 1.29 is 0 Å². The van der Waals surface area contributed by atoms with E-state index in [1.165, 1.54) is 24.0 Å². The first kappa shape index (κ1) is 15.4. The minimum absolute atomic E-state index is 0. The molecule has 0 fully saturated rings. The van der Waals surface area contributed by atoms with Gasteiger partial charge in [0.1, 0.15) is 0 Å². The highest BCUT2D eigenvalue weighted by atomic mass is 14.0. The standard InChI is InChI=1S/C12H10.C4H10.H3N/c1-3-7-11(8-4-1)12-9-5-2-6-10-12;1-3-4-2;/h1-10H;3-4H2,1-2H3;1H3. The number of hydrogen-bond acceptors (Lipinski definition) is 1. The summed E-state index contributed by atoms with van der Waals surface area (Å²) in [6.07, 6.45) is 2.64. The summed E-state index contributed by atoms with van der Waals surface area (Å²) >= 11 is 0. The van der Waals surface area contributed by atoms with E-state index in [0.717, 1.165) is 0 Å². The summed E-state index contributed by atoms with van der Waals surface area (Å²) in [7, 11) is 0. The molecule has 0 atom stereocenters. The molecule has 3 N–H and O–H groups in total. The van der Waals surface area contributed by atoms with Crippen molar-refractivity contribution in [3.05, 3.63) is 60.7 Å². The molecule has 2 aromatic rings. The summed E-state index contributed by atoms with van der Waals surface area (Å²) < 4.78 is 0. The first-order valence-electron chi connectivity index (χ1n) is 5.99. The van der Waals surface area contributed by atoms with Gasteiger partial charge < -0.3 is 6.15 Å². The maximum absolute atomic E-state index is 2.18. The van der Waals surface area contributed by atoms with E-state index < -0.39 is 0 Å². The highest BCUT2D eigenvalue weighted by molar-refractivity contribution is 5.62. The molecule has 0 spiro atoms. The fourth-order valence-electron chi connectivity index (χ4n) is 1.26. The van der Waals surface area contributed by atoms with E-state index in [4.69, 9.17) is 0 Å². The van der Waals surface area contributed by atoms with Crippen LogP contribution in [0.15, 0.2) is 60.7 Å². The second-order valence-electron chi connectivity index (χ2n) is 3.73. The molecule has 0 aromatic heterocycles. The van der Waals surface area contributed by atoms with Crippen molar-refractivity contribution >= 4 is 0 Å². The molecule has 1 heteroatoms. The van der Waals surface area contributed by atoms with Crippen LogP contribution in [0.4, 0.5) is 0 Å². The van der Waals surface area contributed by atoms with E-state index in [0.29, 0.717) is 0 Å². The molecule has 0 bridgehead atoms. The Kier molecular flexibility index (Phi) is 8.71. The zero-order chi connectivity index (χ0) is 11.6.